The van der Waals surface area contributed by atoms with Crippen molar-refractivity contribution in [1.29, 1.82) is 0 Å². The Hall–Kier alpha value is -0.500. The molecule has 4 rings (SSSR count). The van der Waals surface area contributed by atoms with Gasteiger partial charge in [-0.15, -0.1) is 0 Å². The van der Waals surface area contributed by atoms with Gasteiger partial charge in [-0.2, -0.15) is 0 Å². The second kappa shape index (κ2) is 6.25. The number of hydrogen-bond acceptors (Lipinski definition) is 6. The van der Waals surface area contributed by atoms with E-state index in [4.69, 9.17) is 0 Å². The summed E-state index contributed by atoms with van der Waals surface area (Å²) in [6.45, 7) is 3.32. The van der Waals surface area contributed by atoms with Crippen LogP contribution in [0, 0.1) is 28.6 Å². The Balaban J connectivity index is 1.83. The molecule has 27 heavy (non-hydrogen) atoms. The first kappa shape index (κ1) is 19.8. The quantitative estimate of drug-likeness (QED) is 0.383. The predicted molar refractivity (Wildman–Crippen MR) is 98.5 cm³/mol. The Morgan fingerprint density at radius 3 is 2.52 bits per heavy atom. The average molecular weight is 382 g/mol. The van der Waals surface area contributed by atoms with Crippen molar-refractivity contribution >= 4 is 0 Å². The van der Waals surface area contributed by atoms with Gasteiger partial charge < -0.3 is 30.6 Å². The summed E-state index contributed by atoms with van der Waals surface area (Å²) >= 11 is 0. The molecule has 0 heterocycles. The van der Waals surface area contributed by atoms with E-state index in [1.165, 1.54) is 0 Å². The largest absolute Gasteiger partial charge is 0.395 e. The molecule has 0 spiro atoms. The van der Waals surface area contributed by atoms with Crippen molar-refractivity contribution in [3.8, 4) is 0 Å². The zero-order valence-corrected chi connectivity index (χ0v) is 16.3. The average Bonchev–Trinajstić information content (AvgIpc) is 2.92. The lowest BCUT2D eigenvalue weighted by atomic mass is 9.43. The van der Waals surface area contributed by atoms with Crippen LogP contribution in [0.1, 0.15) is 52.4 Å². The van der Waals surface area contributed by atoms with E-state index in [1.807, 2.05) is 6.08 Å². The molecule has 0 aromatic rings. The topological polar surface area (TPSA) is 121 Å². The highest BCUT2D eigenvalue weighted by molar-refractivity contribution is 5.31. The number of aliphatic hydroxyl groups is 6. The fourth-order valence-electron chi connectivity index (χ4n) is 7.57. The van der Waals surface area contributed by atoms with Gasteiger partial charge in [0.25, 0.3) is 0 Å². The van der Waals surface area contributed by atoms with Crippen LogP contribution in [0.15, 0.2) is 11.6 Å². The highest BCUT2D eigenvalue weighted by Crippen LogP contribution is 2.68. The van der Waals surface area contributed by atoms with Crippen molar-refractivity contribution in [2.75, 3.05) is 6.61 Å². The van der Waals surface area contributed by atoms with Crippen LogP contribution in [0.4, 0.5) is 0 Å². The second-order valence-electron chi connectivity index (χ2n) is 9.84. The van der Waals surface area contributed by atoms with Gasteiger partial charge in [0.1, 0.15) is 0 Å². The first-order valence-corrected chi connectivity index (χ1v) is 10.4. The van der Waals surface area contributed by atoms with Crippen LogP contribution in [0.25, 0.3) is 0 Å². The monoisotopic (exact) mass is 382 g/mol. The summed E-state index contributed by atoms with van der Waals surface area (Å²) in [6, 6.07) is 0. The second-order valence-corrected chi connectivity index (χ2v) is 9.84. The molecule has 0 aromatic heterocycles. The molecule has 6 nitrogen and oxygen atoms in total. The fraction of sp³-hybridized carbons (Fsp3) is 0.905. The number of fused-ring (bicyclic) bond motifs is 5. The van der Waals surface area contributed by atoms with Gasteiger partial charge in [-0.05, 0) is 57.3 Å². The van der Waals surface area contributed by atoms with Crippen molar-refractivity contribution < 1.29 is 30.6 Å². The summed E-state index contributed by atoms with van der Waals surface area (Å²) < 4.78 is 0. The van der Waals surface area contributed by atoms with E-state index in [2.05, 4.69) is 0 Å². The minimum absolute atomic E-state index is 0.164. The molecule has 154 valence electrons. The van der Waals surface area contributed by atoms with Gasteiger partial charge in [0.05, 0.1) is 36.6 Å². The van der Waals surface area contributed by atoms with Crippen molar-refractivity contribution in [1.82, 2.24) is 0 Å². The summed E-state index contributed by atoms with van der Waals surface area (Å²) in [7, 11) is 0. The highest BCUT2D eigenvalue weighted by Gasteiger charge is 2.73. The number of allylic oxidation sites excluding steroid dienone is 1. The number of hydrogen-bond donors (Lipinski definition) is 6. The van der Waals surface area contributed by atoms with E-state index in [0.717, 1.165) is 5.57 Å². The van der Waals surface area contributed by atoms with Crippen LogP contribution in [0.5, 0.6) is 0 Å². The summed E-state index contributed by atoms with van der Waals surface area (Å²) in [6.07, 6.45) is 1.80. The van der Waals surface area contributed by atoms with E-state index >= 15 is 0 Å². The van der Waals surface area contributed by atoms with Crippen LogP contribution in [0.2, 0.25) is 0 Å². The van der Waals surface area contributed by atoms with Crippen LogP contribution in [-0.4, -0.2) is 67.3 Å². The molecule has 0 unspecified atom stereocenters. The molecule has 4 aliphatic rings. The molecule has 4 aliphatic carbocycles. The van der Waals surface area contributed by atoms with Crippen molar-refractivity contribution in [2.45, 2.75) is 82.4 Å². The molecule has 3 saturated carbocycles. The predicted octanol–water partition coefficient (Wildman–Crippen LogP) is 0.336. The molecule has 3 fully saturated rings. The minimum Gasteiger partial charge on any atom is -0.395 e. The molecule has 0 radical (unpaired) electrons. The van der Waals surface area contributed by atoms with E-state index < -0.39 is 46.8 Å². The molecule has 10 atom stereocenters. The van der Waals surface area contributed by atoms with Crippen molar-refractivity contribution in [3.05, 3.63) is 11.6 Å². The zero-order valence-electron chi connectivity index (χ0n) is 16.3. The molecular weight excluding hydrogens is 348 g/mol. The SMILES string of the molecule is C[C@@H](O)[C@H]1CC[C@]2(O)[C@@H]3CC=C4C[C@@H](O)CC[C@]4(CO)[C@H]3[C@H](O)[C@@H](O)[C@]12C. The molecular formula is C21H34O6. The molecule has 0 aliphatic heterocycles. The Bertz CT molecular complexity index is 634. The Morgan fingerprint density at radius 2 is 1.89 bits per heavy atom. The zero-order chi connectivity index (χ0) is 19.8. The summed E-state index contributed by atoms with van der Waals surface area (Å²) in [4.78, 5) is 0. The van der Waals surface area contributed by atoms with Gasteiger partial charge >= 0.3 is 0 Å². The molecule has 0 amide bonds. The molecule has 0 saturated heterocycles. The summed E-state index contributed by atoms with van der Waals surface area (Å²) in [5, 5.41) is 65.1. The van der Waals surface area contributed by atoms with Crippen LogP contribution in [-0.2, 0) is 0 Å². The standard InChI is InChI=1S/C21H34O6/c1-11(23)14-6-8-21(27)15-4-3-12-9-13(24)5-7-20(12,10-22)16(15)17(25)18(26)19(14,21)2/h3,11,13-18,22-27H,4-10H2,1-2H3/t11-,13+,14-,15-,16-,17+,18-,19+,20-,21+/m1/s1. The minimum atomic E-state index is -1.21. The number of aliphatic hydroxyl groups excluding tert-OH is 5. The van der Waals surface area contributed by atoms with Gasteiger partial charge in [-0.3, -0.25) is 0 Å². The first-order chi connectivity index (χ1) is 12.6. The van der Waals surface area contributed by atoms with Crippen LogP contribution >= 0.6 is 0 Å². The fourth-order valence-corrected chi connectivity index (χ4v) is 7.57. The summed E-state index contributed by atoms with van der Waals surface area (Å²) in [5.41, 5.74) is -1.97. The maximum absolute atomic E-state index is 11.9. The lowest BCUT2D eigenvalue weighted by Crippen LogP contribution is -2.72. The van der Waals surface area contributed by atoms with E-state index in [9.17, 15) is 30.6 Å². The van der Waals surface area contributed by atoms with E-state index in [-0.39, 0.29) is 18.4 Å². The Morgan fingerprint density at radius 1 is 1.19 bits per heavy atom. The smallest absolute Gasteiger partial charge is 0.0886 e. The van der Waals surface area contributed by atoms with Gasteiger partial charge in [-0.25, -0.2) is 0 Å². The third kappa shape index (κ3) is 2.29. The van der Waals surface area contributed by atoms with Crippen LogP contribution < -0.4 is 0 Å². The van der Waals surface area contributed by atoms with E-state index in [0.29, 0.717) is 38.5 Å². The maximum Gasteiger partial charge on any atom is 0.0886 e. The normalized spacial score (nSPS) is 55.9. The lowest BCUT2D eigenvalue weighted by Gasteiger charge is -2.64. The molecule has 0 aromatic carbocycles. The molecule has 6 heteroatoms. The van der Waals surface area contributed by atoms with Crippen LogP contribution in [0.3, 0.4) is 0 Å². The van der Waals surface area contributed by atoms with Crippen molar-refractivity contribution in [3.63, 3.8) is 0 Å². The van der Waals surface area contributed by atoms with Gasteiger partial charge in [0, 0.05) is 16.7 Å². The lowest BCUT2D eigenvalue weighted by molar-refractivity contribution is -0.274. The Labute approximate surface area is 160 Å². The first-order valence-electron chi connectivity index (χ1n) is 10.4. The van der Waals surface area contributed by atoms with Gasteiger partial charge in [0.2, 0.25) is 0 Å². The highest BCUT2D eigenvalue weighted by atomic mass is 16.3. The molecule has 6 N–H and O–H groups in total. The summed E-state index contributed by atoms with van der Waals surface area (Å²) in [5.74, 6) is -1.05. The van der Waals surface area contributed by atoms with Gasteiger partial charge in [-0.1, -0.05) is 18.6 Å². The van der Waals surface area contributed by atoms with Gasteiger partial charge in [0.15, 0.2) is 0 Å². The van der Waals surface area contributed by atoms with Crippen molar-refractivity contribution in [2.24, 2.45) is 28.6 Å². The maximum atomic E-state index is 11.9. The van der Waals surface area contributed by atoms with E-state index in [1.54, 1.807) is 13.8 Å². The third-order valence-electron chi connectivity index (χ3n) is 9.03. The number of rotatable bonds is 2. The molecule has 0 bridgehead atoms. The third-order valence-corrected chi connectivity index (χ3v) is 9.03. The Kier molecular flexibility index (Phi) is 4.58.